The molecule has 0 bridgehead atoms. The van der Waals surface area contributed by atoms with Crippen LogP contribution in [0.3, 0.4) is 0 Å². The van der Waals surface area contributed by atoms with Crippen LogP contribution in [-0.2, 0) is 11.3 Å². The SMILES string of the molecule is O=[N+]([O-])c1cccc(F)c1CN(C[C@H]1CCOC1)c1ccccc1. The van der Waals surface area contributed by atoms with Gasteiger partial charge in [-0.05, 0) is 24.6 Å². The zero-order valence-electron chi connectivity index (χ0n) is 13.2. The fourth-order valence-corrected chi connectivity index (χ4v) is 3.00. The maximum atomic E-state index is 14.2. The number of anilines is 1. The highest BCUT2D eigenvalue weighted by Gasteiger charge is 2.24. The molecule has 1 aliphatic heterocycles. The molecular weight excluding hydrogens is 311 g/mol. The van der Waals surface area contributed by atoms with Gasteiger partial charge in [-0.25, -0.2) is 4.39 Å². The molecule has 126 valence electrons. The number of nitrogens with zero attached hydrogens (tertiary/aromatic N) is 2. The first-order valence-electron chi connectivity index (χ1n) is 7.94. The first-order chi connectivity index (χ1) is 11.6. The van der Waals surface area contributed by atoms with Crippen molar-refractivity contribution in [2.24, 2.45) is 5.92 Å². The van der Waals surface area contributed by atoms with Gasteiger partial charge in [0.15, 0.2) is 0 Å². The molecule has 1 saturated heterocycles. The smallest absolute Gasteiger partial charge is 0.277 e. The van der Waals surface area contributed by atoms with Gasteiger partial charge < -0.3 is 9.64 Å². The van der Waals surface area contributed by atoms with Gasteiger partial charge in [0.2, 0.25) is 0 Å². The summed E-state index contributed by atoms with van der Waals surface area (Å²) in [4.78, 5) is 12.7. The third-order valence-electron chi connectivity index (χ3n) is 4.26. The van der Waals surface area contributed by atoms with E-state index in [2.05, 4.69) is 0 Å². The van der Waals surface area contributed by atoms with Crippen molar-refractivity contribution < 1.29 is 14.1 Å². The van der Waals surface area contributed by atoms with Crippen LogP contribution in [0.15, 0.2) is 48.5 Å². The largest absolute Gasteiger partial charge is 0.381 e. The predicted molar refractivity (Wildman–Crippen MR) is 89.5 cm³/mol. The lowest BCUT2D eigenvalue weighted by molar-refractivity contribution is -0.385. The van der Waals surface area contributed by atoms with Crippen molar-refractivity contribution in [2.45, 2.75) is 13.0 Å². The van der Waals surface area contributed by atoms with Crippen molar-refractivity contribution in [3.63, 3.8) is 0 Å². The van der Waals surface area contributed by atoms with Crippen LogP contribution >= 0.6 is 0 Å². The number of ether oxygens (including phenoxy) is 1. The zero-order chi connectivity index (χ0) is 16.9. The van der Waals surface area contributed by atoms with E-state index in [1.807, 2.05) is 35.2 Å². The molecule has 1 atom stereocenters. The molecular formula is C18H19FN2O3. The summed E-state index contributed by atoms with van der Waals surface area (Å²) < 4.78 is 19.7. The van der Waals surface area contributed by atoms with Gasteiger partial charge in [0.05, 0.1) is 23.6 Å². The highest BCUT2D eigenvalue weighted by molar-refractivity contribution is 5.50. The van der Waals surface area contributed by atoms with Crippen LogP contribution in [0.4, 0.5) is 15.8 Å². The second-order valence-corrected chi connectivity index (χ2v) is 5.94. The second kappa shape index (κ2) is 7.40. The van der Waals surface area contributed by atoms with E-state index in [0.717, 1.165) is 18.7 Å². The highest BCUT2D eigenvalue weighted by atomic mass is 19.1. The van der Waals surface area contributed by atoms with E-state index in [1.54, 1.807) is 0 Å². The summed E-state index contributed by atoms with van der Waals surface area (Å²) >= 11 is 0. The molecule has 0 saturated carbocycles. The van der Waals surface area contributed by atoms with Crippen molar-refractivity contribution >= 4 is 11.4 Å². The molecule has 0 radical (unpaired) electrons. The Labute approximate surface area is 139 Å². The number of para-hydroxylation sites is 1. The minimum Gasteiger partial charge on any atom is -0.381 e. The minimum atomic E-state index is -0.548. The lowest BCUT2D eigenvalue weighted by atomic mass is 10.1. The van der Waals surface area contributed by atoms with Gasteiger partial charge in [0, 0.05) is 30.8 Å². The van der Waals surface area contributed by atoms with Crippen LogP contribution in [-0.4, -0.2) is 24.7 Å². The third kappa shape index (κ3) is 3.71. The van der Waals surface area contributed by atoms with Crippen LogP contribution in [0.1, 0.15) is 12.0 Å². The van der Waals surface area contributed by atoms with Crippen molar-refractivity contribution in [3.05, 3.63) is 70.0 Å². The Balaban J connectivity index is 1.90. The second-order valence-electron chi connectivity index (χ2n) is 5.94. The van der Waals surface area contributed by atoms with Gasteiger partial charge in [-0.15, -0.1) is 0 Å². The normalized spacial score (nSPS) is 17.0. The molecule has 5 nitrogen and oxygen atoms in total. The van der Waals surface area contributed by atoms with E-state index < -0.39 is 10.7 Å². The Morgan fingerprint density at radius 1 is 1.21 bits per heavy atom. The van der Waals surface area contributed by atoms with Crippen molar-refractivity contribution in [2.75, 3.05) is 24.7 Å². The molecule has 0 N–H and O–H groups in total. The van der Waals surface area contributed by atoms with Crippen LogP contribution in [0.25, 0.3) is 0 Å². The summed E-state index contributed by atoms with van der Waals surface area (Å²) in [6, 6.07) is 13.6. The molecule has 0 unspecified atom stereocenters. The first-order valence-corrected chi connectivity index (χ1v) is 7.94. The van der Waals surface area contributed by atoms with E-state index in [4.69, 9.17) is 4.74 Å². The van der Waals surface area contributed by atoms with Gasteiger partial charge >= 0.3 is 0 Å². The number of rotatable bonds is 6. The Bertz CT molecular complexity index is 703. The van der Waals surface area contributed by atoms with Crippen LogP contribution in [0.2, 0.25) is 0 Å². The van der Waals surface area contributed by atoms with Gasteiger partial charge in [-0.1, -0.05) is 24.3 Å². The van der Waals surface area contributed by atoms with E-state index in [-0.39, 0.29) is 17.8 Å². The van der Waals surface area contributed by atoms with E-state index in [1.165, 1.54) is 18.2 Å². The van der Waals surface area contributed by atoms with Gasteiger partial charge in [-0.2, -0.15) is 0 Å². The van der Waals surface area contributed by atoms with Crippen LogP contribution < -0.4 is 4.90 Å². The summed E-state index contributed by atoms with van der Waals surface area (Å²) in [5, 5.41) is 11.2. The van der Waals surface area contributed by atoms with Gasteiger partial charge in [-0.3, -0.25) is 10.1 Å². The van der Waals surface area contributed by atoms with Crippen molar-refractivity contribution in [3.8, 4) is 0 Å². The lowest BCUT2D eigenvalue weighted by Crippen LogP contribution is -2.30. The summed E-state index contributed by atoms with van der Waals surface area (Å²) in [5.41, 5.74) is 0.853. The number of halogens is 1. The maximum absolute atomic E-state index is 14.2. The molecule has 6 heteroatoms. The molecule has 0 amide bonds. The molecule has 0 spiro atoms. The molecule has 2 aromatic rings. The third-order valence-corrected chi connectivity index (χ3v) is 4.26. The summed E-state index contributed by atoms with van der Waals surface area (Å²) in [6.45, 7) is 2.23. The molecule has 0 aromatic heterocycles. The summed E-state index contributed by atoms with van der Waals surface area (Å²) in [5.74, 6) is -0.205. The standard InChI is InChI=1S/C18H19FN2O3/c19-17-7-4-8-18(21(22)23)16(17)12-20(11-14-9-10-24-13-14)15-5-2-1-3-6-15/h1-8,14H,9-13H2/t14-/m1/s1. The number of hydrogen-bond acceptors (Lipinski definition) is 4. The Morgan fingerprint density at radius 2 is 2.00 bits per heavy atom. The molecule has 0 aliphatic carbocycles. The number of nitro groups is 1. The van der Waals surface area contributed by atoms with Gasteiger partial charge in [0.25, 0.3) is 5.69 Å². The fourth-order valence-electron chi connectivity index (χ4n) is 3.00. The van der Waals surface area contributed by atoms with E-state index >= 15 is 0 Å². The summed E-state index contributed by atoms with van der Waals surface area (Å²) in [6.07, 6.45) is 0.947. The maximum Gasteiger partial charge on any atom is 0.277 e. The van der Waals surface area contributed by atoms with Crippen molar-refractivity contribution in [1.82, 2.24) is 0 Å². The average molecular weight is 330 g/mol. The average Bonchev–Trinajstić information content (AvgIpc) is 3.09. The first kappa shape index (κ1) is 16.4. The molecule has 3 rings (SSSR count). The quantitative estimate of drug-likeness (QED) is 0.597. The van der Waals surface area contributed by atoms with Gasteiger partial charge in [0.1, 0.15) is 5.82 Å². The lowest BCUT2D eigenvalue weighted by Gasteiger charge is -2.27. The minimum absolute atomic E-state index is 0.116. The Morgan fingerprint density at radius 3 is 2.67 bits per heavy atom. The number of benzene rings is 2. The van der Waals surface area contributed by atoms with Crippen molar-refractivity contribution in [1.29, 1.82) is 0 Å². The topological polar surface area (TPSA) is 55.6 Å². The number of nitro benzene ring substituents is 1. The molecule has 2 aromatic carbocycles. The summed E-state index contributed by atoms with van der Waals surface area (Å²) in [7, 11) is 0. The zero-order valence-corrected chi connectivity index (χ0v) is 13.2. The van der Waals surface area contributed by atoms with Crippen LogP contribution in [0, 0.1) is 21.8 Å². The predicted octanol–water partition coefficient (Wildman–Crippen LogP) is 3.78. The fraction of sp³-hybridized carbons (Fsp3) is 0.333. The molecule has 24 heavy (non-hydrogen) atoms. The van der Waals surface area contributed by atoms with E-state index in [0.29, 0.717) is 19.1 Å². The Hall–Kier alpha value is -2.47. The molecule has 1 fully saturated rings. The number of hydrogen-bond donors (Lipinski definition) is 0. The van der Waals surface area contributed by atoms with Crippen LogP contribution in [0.5, 0.6) is 0 Å². The monoisotopic (exact) mass is 330 g/mol. The Kier molecular flexibility index (Phi) is 5.05. The van der Waals surface area contributed by atoms with E-state index in [9.17, 15) is 14.5 Å². The highest BCUT2D eigenvalue weighted by Crippen LogP contribution is 2.27. The molecule has 1 heterocycles. The molecule has 1 aliphatic rings.